The summed E-state index contributed by atoms with van der Waals surface area (Å²) in [6.07, 6.45) is 3.80. The smallest absolute Gasteiger partial charge is 0.256 e. The molecule has 2 aliphatic rings. The van der Waals surface area contributed by atoms with Crippen LogP contribution in [0.15, 0.2) is 30.5 Å². The van der Waals surface area contributed by atoms with Gasteiger partial charge in [0.1, 0.15) is 11.6 Å². The van der Waals surface area contributed by atoms with E-state index in [0.717, 1.165) is 24.2 Å². The Morgan fingerprint density at radius 2 is 2.03 bits per heavy atom. The average Bonchev–Trinajstić information content (AvgIpc) is 3.23. The number of amides is 2. The first-order valence-corrected chi connectivity index (χ1v) is 9.72. The van der Waals surface area contributed by atoms with Crippen molar-refractivity contribution in [2.45, 2.75) is 31.6 Å². The highest BCUT2D eigenvalue weighted by Gasteiger charge is 2.52. The number of rotatable bonds is 3. The molecule has 3 N–H and O–H groups in total. The van der Waals surface area contributed by atoms with Gasteiger partial charge in [-0.05, 0) is 31.4 Å². The second-order valence-electron chi connectivity index (χ2n) is 8.72. The molecular formula is C22H25FN4O2. The molecule has 6 nitrogen and oxygen atoms in total. The van der Waals surface area contributed by atoms with Crippen molar-refractivity contribution in [2.24, 2.45) is 11.1 Å². The third-order valence-electron chi connectivity index (χ3n) is 6.48. The second kappa shape index (κ2) is 6.54. The Hall–Kier alpha value is -2.96. The molecule has 7 heteroatoms. The van der Waals surface area contributed by atoms with Crippen molar-refractivity contribution in [1.82, 2.24) is 9.88 Å². The molecule has 1 aliphatic heterocycles. The Kier molecular flexibility index (Phi) is 4.37. The van der Waals surface area contributed by atoms with E-state index in [0.29, 0.717) is 24.1 Å². The fourth-order valence-electron chi connectivity index (χ4n) is 4.70. The molecule has 2 heterocycles. The van der Waals surface area contributed by atoms with Crippen LogP contribution in [-0.4, -0.2) is 42.3 Å². The fraction of sp³-hybridized carbons (Fsp3) is 0.409. The molecule has 2 atom stereocenters. The first-order valence-electron chi connectivity index (χ1n) is 9.72. The number of halogens is 1. The molecule has 1 aliphatic carbocycles. The molecule has 1 aromatic heterocycles. The Bertz CT molecular complexity index is 1020. The topological polar surface area (TPSA) is 88.3 Å². The van der Waals surface area contributed by atoms with Gasteiger partial charge in [-0.25, -0.2) is 9.37 Å². The van der Waals surface area contributed by atoms with Crippen LogP contribution in [0.5, 0.6) is 0 Å². The molecule has 1 saturated carbocycles. The minimum atomic E-state index is -0.554. The summed E-state index contributed by atoms with van der Waals surface area (Å²) in [5.74, 6) is -0.456. The minimum absolute atomic E-state index is 0.0306. The summed E-state index contributed by atoms with van der Waals surface area (Å²) in [6.45, 7) is 2.60. The number of hydrogen-bond acceptors (Lipinski definition) is 4. The maximum atomic E-state index is 15.2. The molecule has 2 aromatic rings. The lowest BCUT2D eigenvalue weighted by Gasteiger charge is -2.26. The number of hydrogen-bond donors (Lipinski definition) is 2. The molecule has 4 rings (SSSR count). The van der Waals surface area contributed by atoms with Crippen molar-refractivity contribution in [3.8, 4) is 11.1 Å². The Morgan fingerprint density at radius 1 is 1.28 bits per heavy atom. The largest absolute Gasteiger partial charge is 0.369 e. The maximum absolute atomic E-state index is 15.2. The number of benzene rings is 1. The summed E-state index contributed by atoms with van der Waals surface area (Å²) in [5, 5.41) is 3.33. The first kappa shape index (κ1) is 19.4. The van der Waals surface area contributed by atoms with E-state index in [2.05, 4.69) is 10.3 Å². The van der Waals surface area contributed by atoms with Crippen LogP contribution in [0.1, 0.15) is 42.1 Å². The van der Waals surface area contributed by atoms with Gasteiger partial charge in [0.05, 0.1) is 5.56 Å². The predicted molar refractivity (Wildman–Crippen MR) is 109 cm³/mol. The van der Waals surface area contributed by atoms with Gasteiger partial charge in [-0.15, -0.1) is 0 Å². The van der Waals surface area contributed by atoms with E-state index < -0.39 is 11.2 Å². The van der Waals surface area contributed by atoms with Crippen LogP contribution in [-0.2, 0) is 10.2 Å². The van der Waals surface area contributed by atoms with E-state index in [4.69, 9.17) is 5.73 Å². The van der Waals surface area contributed by atoms with Gasteiger partial charge < -0.3 is 16.0 Å². The predicted octanol–water partition coefficient (Wildman–Crippen LogP) is 2.93. The summed E-state index contributed by atoms with van der Waals surface area (Å²) in [4.78, 5) is 30.1. The molecule has 0 bridgehead atoms. The molecule has 152 valence electrons. The van der Waals surface area contributed by atoms with Gasteiger partial charge >= 0.3 is 0 Å². The zero-order chi connectivity index (χ0) is 21.0. The van der Waals surface area contributed by atoms with E-state index in [-0.39, 0.29) is 22.8 Å². The van der Waals surface area contributed by atoms with Crippen LogP contribution < -0.4 is 11.1 Å². The number of nitrogens with two attached hydrogens (primary N) is 1. The summed E-state index contributed by atoms with van der Waals surface area (Å²) in [7, 11) is 3.19. The lowest BCUT2D eigenvalue weighted by Crippen LogP contribution is -2.35. The van der Waals surface area contributed by atoms with Crippen molar-refractivity contribution in [3.63, 3.8) is 0 Å². The van der Waals surface area contributed by atoms with E-state index in [1.54, 1.807) is 32.4 Å². The summed E-state index contributed by atoms with van der Waals surface area (Å²) < 4.78 is 15.2. The number of anilines is 1. The fourth-order valence-corrected chi connectivity index (χ4v) is 4.70. The van der Waals surface area contributed by atoms with E-state index in [9.17, 15) is 9.59 Å². The number of nitrogens with one attached hydrogen (secondary N) is 1. The average molecular weight is 396 g/mol. The normalized spacial score (nSPS) is 25.0. The van der Waals surface area contributed by atoms with Gasteiger partial charge in [0.25, 0.3) is 5.91 Å². The van der Waals surface area contributed by atoms with Crippen molar-refractivity contribution < 1.29 is 14.0 Å². The molecule has 1 aromatic carbocycles. The summed E-state index contributed by atoms with van der Waals surface area (Å²) in [5.41, 5.74) is 6.83. The first-order chi connectivity index (χ1) is 13.7. The van der Waals surface area contributed by atoms with E-state index >= 15 is 4.39 Å². The molecule has 0 saturated heterocycles. The monoisotopic (exact) mass is 396 g/mol. The van der Waals surface area contributed by atoms with Gasteiger partial charge in [0, 0.05) is 54.4 Å². The van der Waals surface area contributed by atoms with Gasteiger partial charge in [0.15, 0.2) is 0 Å². The van der Waals surface area contributed by atoms with Crippen LogP contribution >= 0.6 is 0 Å². The summed E-state index contributed by atoms with van der Waals surface area (Å²) >= 11 is 0. The van der Waals surface area contributed by atoms with Crippen molar-refractivity contribution >= 4 is 17.6 Å². The molecule has 1 spiro atoms. The van der Waals surface area contributed by atoms with Gasteiger partial charge in [-0.3, -0.25) is 9.59 Å². The van der Waals surface area contributed by atoms with Gasteiger partial charge in [0.2, 0.25) is 5.91 Å². The number of aromatic nitrogens is 1. The Morgan fingerprint density at radius 3 is 2.69 bits per heavy atom. The second-order valence-corrected chi connectivity index (χ2v) is 8.72. The third-order valence-corrected chi connectivity index (χ3v) is 6.48. The van der Waals surface area contributed by atoms with Crippen molar-refractivity contribution in [2.75, 3.05) is 26.0 Å². The lowest BCUT2D eigenvalue weighted by atomic mass is 9.76. The standard InChI is InChI=1S/C22H25FN4O2/c1-21(20(24)29)7-8-22(11-21)12-26-18-16(22)9-13(10-25-18)14-5-4-6-15(17(14)23)19(28)27(2)3/h4-6,9-10H,7-8,11-12H2,1-3H3,(H2,24,29)(H,25,26). The van der Waals surface area contributed by atoms with Crippen LogP contribution in [0.4, 0.5) is 10.2 Å². The SMILES string of the molecule is CN(C)C(=O)c1cccc(-c2cnc3c(c2)C2(CCC(C)(C(N)=O)C2)CN3)c1F. The van der Waals surface area contributed by atoms with Crippen LogP contribution in [0, 0.1) is 11.2 Å². The highest BCUT2D eigenvalue weighted by atomic mass is 19.1. The molecule has 0 radical (unpaired) electrons. The quantitative estimate of drug-likeness (QED) is 0.835. The molecular weight excluding hydrogens is 371 g/mol. The third kappa shape index (κ3) is 2.96. The number of nitrogens with zero attached hydrogens (tertiary/aromatic N) is 2. The molecule has 2 unspecified atom stereocenters. The number of primary amides is 1. The molecule has 29 heavy (non-hydrogen) atoms. The lowest BCUT2D eigenvalue weighted by molar-refractivity contribution is -0.126. The Balaban J connectivity index is 1.77. The number of carbonyl (C=O) groups is 2. The summed E-state index contributed by atoms with van der Waals surface area (Å²) in [6, 6.07) is 6.76. The van der Waals surface area contributed by atoms with E-state index in [1.165, 1.54) is 11.0 Å². The zero-order valence-corrected chi connectivity index (χ0v) is 16.9. The number of fused-ring (bicyclic) bond motifs is 2. The van der Waals surface area contributed by atoms with Crippen LogP contribution in [0.3, 0.4) is 0 Å². The van der Waals surface area contributed by atoms with Crippen LogP contribution in [0.25, 0.3) is 11.1 Å². The minimum Gasteiger partial charge on any atom is -0.369 e. The molecule has 1 fully saturated rings. The van der Waals surface area contributed by atoms with Crippen molar-refractivity contribution in [3.05, 3.63) is 47.4 Å². The van der Waals surface area contributed by atoms with Crippen molar-refractivity contribution in [1.29, 1.82) is 0 Å². The molecule has 2 amide bonds. The zero-order valence-electron chi connectivity index (χ0n) is 16.9. The number of carbonyl (C=O) groups excluding carboxylic acids is 2. The highest BCUT2D eigenvalue weighted by molar-refractivity contribution is 5.95. The van der Waals surface area contributed by atoms with Gasteiger partial charge in [-0.1, -0.05) is 19.1 Å². The Labute approximate surface area is 169 Å². The number of pyridine rings is 1. The van der Waals surface area contributed by atoms with Crippen LogP contribution in [0.2, 0.25) is 0 Å². The highest BCUT2D eigenvalue weighted by Crippen LogP contribution is 2.54. The van der Waals surface area contributed by atoms with E-state index in [1.807, 2.05) is 13.0 Å². The maximum Gasteiger partial charge on any atom is 0.256 e. The van der Waals surface area contributed by atoms with Gasteiger partial charge in [-0.2, -0.15) is 0 Å².